The molecule has 134 valence electrons. The maximum absolute atomic E-state index is 12.5. The molecule has 7 heteroatoms. The van der Waals surface area contributed by atoms with Gasteiger partial charge in [0.15, 0.2) is 11.9 Å². The SMILES string of the molecule is Cc1cc(Cl)ccc1O[C@H](C)C(=O)N(C)Cc1noc(C2CCC2)n1. The molecule has 1 atom stereocenters. The minimum Gasteiger partial charge on any atom is -0.481 e. The molecule has 3 rings (SSSR count). The highest BCUT2D eigenvalue weighted by molar-refractivity contribution is 6.30. The monoisotopic (exact) mass is 363 g/mol. The van der Waals surface area contributed by atoms with Crippen LogP contribution in [0.5, 0.6) is 5.75 Å². The van der Waals surface area contributed by atoms with Gasteiger partial charge in [-0.25, -0.2) is 0 Å². The summed E-state index contributed by atoms with van der Waals surface area (Å²) in [4.78, 5) is 18.5. The molecule has 1 aromatic heterocycles. The fourth-order valence-corrected chi connectivity index (χ4v) is 2.97. The van der Waals surface area contributed by atoms with Gasteiger partial charge in [0.1, 0.15) is 5.75 Å². The molecular formula is C18H22ClN3O3. The molecule has 25 heavy (non-hydrogen) atoms. The van der Waals surface area contributed by atoms with E-state index in [4.69, 9.17) is 20.9 Å². The molecule has 2 aromatic rings. The average Bonchev–Trinajstić information content (AvgIpc) is 2.95. The molecule has 1 fully saturated rings. The summed E-state index contributed by atoms with van der Waals surface area (Å²) >= 11 is 5.94. The lowest BCUT2D eigenvalue weighted by Gasteiger charge is -2.22. The molecule has 1 aliphatic carbocycles. The molecule has 1 aromatic carbocycles. The highest BCUT2D eigenvalue weighted by Crippen LogP contribution is 2.35. The highest BCUT2D eigenvalue weighted by atomic mass is 35.5. The van der Waals surface area contributed by atoms with Crippen molar-refractivity contribution < 1.29 is 14.1 Å². The molecule has 6 nitrogen and oxygen atoms in total. The zero-order chi connectivity index (χ0) is 18.0. The third-order valence-corrected chi connectivity index (χ3v) is 4.72. The van der Waals surface area contributed by atoms with E-state index in [0.717, 1.165) is 18.4 Å². The van der Waals surface area contributed by atoms with Crippen LogP contribution in [0, 0.1) is 6.92 Å². The third-order valence-electron chi connectivity index (χ3n) is 4.48. The number of aromatic nitrogens is 2. The van der Waals surface area contributed by atoms with Crippen LogP contribution in [0.15, 0.2) is 22.7 Å². The van der Waals surface area contributed by atoms with Gasteiger partial charge in [-0.2, -0.15) is 4.98 Å². The molecule has 0 aliphatic heterocycles. The Morgan fingerprint density at radius 3 is 2.88 bits per heavy atom. The normalized spacial score (nSPS) is 15.5. The topological polar surface area (TPSA) is 68.5 Å². The first-order chi connectivity index (χ1) is 11.9. The van der Waals surface area contributed by atoms with Gasteiger partial charge in [-0.1, -0.05) is 23.2 Å². The Balaban J connectivity index is 1.58. The summed E-state index contributed by atoms with van der Waals surface area (Å²) < 4.78 is 11.1. The van der Waals surface area contributed by atoms with Gasteiger partial charge in [0.2, 0.25) is 5.89 Å². The van der Waals surface area contributed by atoms with Gasteiger partial charge in [0.05, 0.1) is 6.54 Å². The van der Waals surface area contributed by atoms with E-state index in [0.29, 0.717) is 34.9 Å². The number of aryl methyl sites for hydroxylation is 1. The van der Waals surface area contributed by atoms with Crippen LogP contribution in [0.1, 0.15) is 49.4 Å². The lowest BCUT2D eigenvalue weighted by atomic mass is 9.85. The minimum atomic E-state index is -0.622. The Hall–Kier alpha value is -2.08. The van der Waals surface area contributed by atoms with Crippen LogP contribution in [0.25, 0.3) is 0 Å². The zero-order valence-corrected chi connectivity index (χ0v) is 15.4. The standard InChI is InChI=1S/C18H22ClN3O3/c1-11-9-14(19)7-8-15(11)24-12(2)18(23)22(3)10-16-20-17(25-21-16)13-5-4-6-13/h7-9,12-13H,4-6,10H2,1-3H3/t12-/m1/s1. The number of carbonyl (C=O) groups is 1. The first kappa shape index (κ1) is 17.7. The van der Waals surface area contributed by atoms with Crippen molar-refractivity contribution in [3.8, 4) is 5.75 Å². The summed E-state index contributed by atoms with van der Waals surface area (Å²) in [5.74, 6) is 2.09. The van der Waals surface area contributed by atoms with Crippen LogP contribution >= 0.6 is 11.6 Å². The predicted octanol–water partition coefficient (Wildman–Crippen LogP) is 3.72. The number of likely N-dealkylation sites (N-methyl/N-ethyl adjacent to an activating group) is 1. The number of ether oxygens (including phenoxy) is 1. The number of rotatable bonds is 6. The number of benzene rings is 1. The lowest BCUT2D eigenvalue weighted by molar-refractivity contribution is -0.137. The van der Waals surface area contributed by atoms with Crippen LogP contribution in [-0.4, -0.2) is 34.1 Å². The molecule has 0 bridgehead atoms. The molecule has 0 saturated heterocycles. The second-order valence-electron chi connectivity index (χ2n) is 6.54. The fourth-order valence-electron chi connectivity index (χ4n) is 2.74. The van der Waals surface area contributed by atoms with Gasteiger partial charge in [-0.15, -0.1) is 0 Å². The van der Waals surface area contributed by atoms with E-state index >= 15 is 0 Å². The average molecular weight is 364 g/mol. The van der Waals surface area contributed by atoms with E-state index < -0.39 is 6.10 Å². The van der Waals surface area contributed by atoms with Crippen molar-refractivity contribution in [3.05, 3.63) is 40.5 Å². The number of nitrogens with zero attached hydrogens (tertiary/aromatic N) is 3. The summed E-state index contributed by atoms with van der Waals surface area (Å²) in [5, 5.41) is 4.61. The van der Waals surface area contributed by atoms with Crippen molar-refractivity contribution >= 4 is 17.5 Å². The van der Waals surface area contributed by atoms with Crippen LogP contribution in [0.3, 0.4) is 0 Å². The minimum absolute atomic E-state index is 0.149. The van der Waals surface area contributed by atoms with Gasteiger partial charge in [0, 0.05) is 18.0 Å². The van der Waals surface area contributed by atoms with E-state index in [1.54, 1.807) is 37.1 Å². The van der Waals surface area contributed by atoms with Crippen molar-refractivity contribution in [1.82, 2.24) is 15.0 Å². The van der Waals surface area contributed by atoms with Gasteiger partial charge >= 0.3 is 0 Å². The summed E-state index contributed by atoms with van der Waals surface area (Å²) in [7, 11) is 1.70. The van der Waals surface area contributed by atoms with Crippen molar-refractivity contribution in [2.75, 3.05) is 7.05 Å². The smallest absolute Gasteiger partial charge is 0.263 e. The Morgan fingerprint density at radius 1 is 1.48 bits per heavy atom. The van der Waals surface area contributed by atoms with Gasteiger partial charge in [-0.05, 0) is 50.5 Å². The zero-order valence-electron chi connectivity index (χ0n) is 14.7. The van der Waals surface area contributed by atoms with Gasteiger partial charge < -0.3 is 14.2 Å². The Bertz CT molecular complexity index is 758. The molecule has 0 N–H and O–H groups in total. The van der Waals surface area contributed by atoms with Crippen molar-refractivity contribution in [3.63, 3.8) is 0 Å². The lowest BCUT2D eigenvalue weighted by Crippen LogP contribution is -2.37. The van der Waals surface area contributed by atoms with E-state index in [2.05, 4.69) is 10.1 Å². The van der Waals surface area contributed by atoms with Crippen LogP contribution < -0.4 is 4.74 Å². The van der Waals surface area contributed by atoms with E-state index in [1.807, 2.05) is 6.92 Å². The molecule has 1 aliphatic rings. The maximum atomic E-state index is 12.5. The molecule has 1 amide bonds. The van der Waals surface area contributed by atoms with Gasteiger partial charge in [0.25, 0.3) is 5.91 Å². The molecule has 0 radical (unpaired) electrons. The van der Waals surface area contributed by atoms with Gasteiger partial charge in [-0.3, -0.25) is 4.79 Å². The number of halogens is 1. The largest absolute Gasteiger partial charge is 0.481 e. The molecule has 1 heterocycles. The number of hydrogen-bond donors (Lipinski definition) is 0. The second-order valence-corrected chi connectivity index (χ2v) is 6.98. The quantitative estimate of drug-likeness (QED) is 0.782. The fraction of sp³-hybridized carbons (Fsp3) is 0.500. The first-order valence-electron chi connectivity index (χ1n) is 8.44. The number of carbonyl (C=O) groups excluding carboxylic acids is 1. The molecule has 0 spiro atoms. The summed E-state index contributed by atoms with van der Waals surface area (Å²) in [6.07, 6.45) is 2.78. The number of amides is 1. The van der Waals surface area contributed by atoms with E-state index in [1.165, 1.54) is 6.42 Å². The van der Waals surface area contributed by atoms with Crippen molar-refractivity contribution in [2.45, 2.75) is 51.7 Å². The van der Waals surface area contributed by atoms with Crippen LogP contribution in [0.2, 0.25) is 5.02 Å². The number of hydrogen-bond acceptors (Lipinski definition) is 5. The summed E-state index contributed by atoms with van der Waals surface area (Å²) in [6.45, 7) is 3.91. The third kappa shape index (κ3) is 4.12. The summed E-state index contributed by atoms with van der Waals surface area (Å²) in [5.41, 5.74) is 0.887. The first-order valence-corrected chi connectivity index (χ1v) is 8.82. The Labute approximate surface area is 152 Å². The van der Waals surface area contributed by atoms with Crippen LogP contribution in [-0.2, 0) is 11.3 Å². The highest BCUT2D eigenvalue weighted by Gasteiger charge is 2.26. The Morgan fingerprint density at radius 2 is 2.24 bits per heavy atom. The van der Waals surface area contributed by atoms with Crippen molar-refractivity contribution in [2.24, 2.45) is 0 Å². The second kappa shape index (κ2) is 7.44. The molecule has 0 unspecified atom stereocenters. The summed E-state index contributed by atoms with van der Waals surface area (Å²) in [6, 6.07) is 5.32. The molecule has 1 saturated carbocycles. The van der Waals surface area contributed by atoms with E-state index in [9.17, 15) is 4.79 Å². The van der Waals surface area contributed by atoms with Crippen molar-refractivity contribution in [1.29, 1.82) is 0 Å². The maximum Gasteiger partial charge on any atom is 0.263 e. The molecular weight excluding hydrogens is 342 g/mol. The van der Waals surface area contributed by atoms with E-state index in [-0.39, 0.29) is 5.91 Å². The Kier molecular flexibility index (Phi) is 5.27. The predicted molar refractivity (Wildman–Crippen MR) is 93.6 cm³/mol. The van der Waals surface area contributed by atoms with Crippen LogP contribution in [0.4, 0.5) is 0 Å².